The first-order valence-electron chi connectivity index (χ1n) is 12.2. The Labute approximate surface area is 209 Å². The van der Waals surface area contributed by atoms with Crippen molar-refractivity contribution in [3.63, 3.8) is 0 Å². The Balaban J connectivity index is 1.92. The van der Waals surface area contributed by atoms with Gasteiger partial charge in [-0.15, -0.1) is 0 Å². The molecule has 5 heteroatoms. The van der Waals surface area contributed by atoms with E-state index in [9.17, 15) is 9.59 Å². The SMILES string of the molecule is CCCNC(=O)C(Cc1ccccc1)N(Cc1ccccc1C)C(=O)COc1cc(C)ccc1C. The molecule has 1 unspecified atom stereocenters. The van der Waals surface area contributed by atoms with E-state index in [1.54, 1.807) is 4.90 Å². The Hall–Kier alpha value is -3.60. The Bertz CT molecular complexity index is 1130. The van der Waals surface area contributed by atoms with Gasteiger partial charge in [0.15, 0.2) is 6.61 Å². The summed E-state index contributed by atoms with van der Waals surface area (Å²) in [4.78, 5) is 28.7. The van der Waals surface area contributed by atoms with Crippen molar-refractivity contribution in [3.05, 3.63) is 101 Å². The van der Waals surface area contributed by atoms with Crippen molar-refractivity contribution in [2.75, 3.05) is 13.2 Å². The number of ether oxygens (including phenoxy) is 1. The highest BCUT2D eigenvalue weighted by Crippen LogP contribution is 2.21. The minimum Gasteiger partial charge on any atom is -0.483 e. The molecule has 0 aliphatic rings. The Morgan fingerprint density at radius 3 is 2.34 bits per heavy atom. The van der Waals surface area contributed by atoms with Crippen LogP contribution in [0.3, 0.4) is 0 Å². The predicted molar refractivity (Wildman–Crippen MR) is 140 cm³/mol. The van der Waals surface area contributed by atoms with Crippen LogP contribution < -0.4 is 10.1 Å². The average molecular weight is 473 g/mol. The molecule has 2 amide bonds. The zero-order valence-electron chi connectivity index (χ0n) is 21.2. The van der Waals surface area contributed by atoms with Crippen LogP contribution in [0.5, 0.6) is 5.75 Å². The number of carbonyl (C=O) groups is 2. The van der Waals surface area contributed by atoms with E-state index in [0.717, 1.165) is 34.2 Å². The van der Waals surface area contributed by atoms with E-state index in [0.29, 0.717) is 25.3 Å². The third kappa shape index (κ3) is 7.44. The predicted octanol–water partition coefficient (Wildman–Crippen LogP) is 5.16. The molecule has 0 aliphatic heterocycles. The number of aryl methyl sites for hydroxylation is 3. The zero-order valence-corrected chi connectivity index (χ0v) is 21.2. The van der Waals surface area contributed by atoms with Crippen LogP contribution in [0.4, 0.5) is 0 Å². The topological polar surface area (TPSA) is 58.6 Å². The molecule has 0 bridgehead atoms. The highest BCUT2D eigenvalue weighted by molar-refractivity contribution is 5.88. The van der Waals surface area contributed by atoms with E-state index in [-0.39, 0.29) is 18.4 Å². The molecule has 35 heavy (non-hydrogen) atoms. The van der Waals surface area contributed by atoms with E-state index in [1.807, 2.05) is 100 Å². The van der Waals surface area contributed by atoms with Gasteiger partial charge in [-0.3, -0.25) is 9.59 Å². The lowest BCUT2D eigenvalue weighted by atomic mass is 10.0. The molecule has 0 spiro atoms. The van der Waals surface area contributed by atoms with Crippen LogP contribution in [-0.4, -0.2) is 35.9 Å². The Morgan fingerprint density at radius 1 is 0.914 bits per heavy atom. The monoisotopic (exact) mass is 472 g/mol. The molecule has 0 saturated carbocycles. The summed E-state index contributed by atoms with van der Waals surface area (Å²) in [5.74, 6) is 0.315. The number of nitrogens with zero attached hydrogens (tertiary/aromatic N) is 1. The molecule has 5 nitrogen and oxygen atoms in total. The lowest BCUT2D eigenvalue weighted by Gasteiger charge is -2.32. The second-order valence-electron chi connectivity index (χ2n) is 9.00. The summed E-state index contributed by atoms with van der Waals surface area (Å²) >= 11 is 0. The molecule has 1 N–H and O–H groups in total. The summed E-state index contributed by atoms with van der Waals surface area (Å²) in [7, 11) is 0. The first-order chi connectivity index (χ1) is 16.9. The van der Waals surface area contributed by atoms with Gasteiger partial charge in [0.1, 0.15) is 11.8 Å². The Morgan fingerprint density at radius 2 is 1.63 bits per heavy atom. The molecule has 0 aromatic heterocycles. The third-order valence-corrected chi connectivity index (χ3v) is 6.12. The molecule has 0 aliphatic carbocycles. The highest BCUT2D eigenvalue weighted by Gasteiger charge is 2.30. The second-order valence-corrected chi connectivity index (χ2v) is 9.00. The van der Waals surface area contributed by atoms with Crippen molar-refractivity contribution in [1.82, 2.24) is 10.2 Å². The number of rotatable bonds is 11. The van der Waals surface area contributed by atoms with Crippen molar-refractivity contribution in [1.29, 1.82) is 0 Å². The van der Waals surface area contributed by atoms with Crippen molar-refractivity contribution in [2.24, 2.45) is 0 Å². The number of hydrogen-bond acceptors (Lipinski definition) is 3. The molecule has 0 heterocycles. The molecule has 1 atom stereocenters. The standard InChI is InChI=1S/C30H36N2O3/c1-5-17-31-30(34)27(19-25-12-7-6-8-13-25)32(20-26-14-10-9-11-23(26)3)29(33)21-35-28-18-22(2)15-16-24(28)4/h6-16,18,27H,5,17,19-21H2,1-4H3,(H,31,34). The average Bonchev–Trinajstić information content (AvgIpc) is 2.86. The third-order valence-electron chi connectivity index (χ3n) is 6.12. The molecule has 0 saturated heterocycles. The molecule has 184 valence electrons. The first-order valence-corrected chi connectivity index (χ1v) is 12.2. The molecule has 0 fully saturated rings. The van der Waals surface area contributed by atoms with Crippen LogP contribution in [0, 0.1) is 20.8 Å². The smallest absolute Gasteiger partial charge is 0.261 e. The quantitative estimate of drug-likeness (QED) is 0.420. The van der Waals surface area contributed by atoms with Gasteiger partial charge in [-0.25, -0.2) is 0 Å². The fourth-order valence-corrected chi connectivity index (χ4v) is 3.98. The van der Waals surface area contributed by atoms with Crippen LogP contribution in [0.2, 0.25) is 0 Å². The summed E-state index contributed by atoms with van der Waals surface area (Å²) < 4.78 is 5.97. The summed E-state index contributed by atoms with van der Waals surface area (Å²) in [5.41, 5.74) is 5.12. The van der Waals surface area contributed by atoms with Crippen LogP contribution >= 0.6 is 0 Å². The van der Waals surface area contributed by atoms with Crippen LogP contribution in [0.25, 0.3) is 0 Å². The molecule has 0 radical (unpaired) electrons. The maximum atomic E-state index is 13.7. The van der Waals surface area contributed by atoms with Crippen molar-refractivity contribution in [2.45, 2.75) is 53.1 Å². The minimum absolute atomic E-state index is 0.136. The van der Waals surface area contributed by atoms with Crippen LogP contribution in [0.15, 0.2) is 72.8 Å². The van der Waals surface area contributed by atoms with E-state index in [2.05, 4.69) is 5.32 Å². The largest absolute Gasteiger partial charge is 0.483 e. The van der Waals surface area contributed by atoms with E-state index in [4.69, 9.17) is 4.74 Å². The maximum absolute atomic E-state index is 13.7. The van der Waals surface area contributed by atoms with Gasteiger partial charge in [0.2, 0.25) is 5.91 Å². The minimum atomic E-state index is -0.654. The zero-order chi connectivity index (χ0) is 25.2. The van der Waals surface area contributed by atoms with Gasteiger partial charge in [0, 0.05) is 19.5 Å². The van der Waals surface area contributed by atoms with Crippen LogP contribution in [0.1, 0.15) is 41.2 Å². The molecule has 3 aromatic carbocycles. The van der Waals surface area contributed by atoms with Crippen LogP contribution in [-0.2, 0) is 22.6 Å². The maximum Gasteiger partial charge on any atom is 0.261 e. The summed E-state index contributed by atoms with van der Waals surface area (Å²) in [6, 6.07) is 23.1. The molecular weight excluding hydrogens is 436 g/mol. The highest BCUT2D eigenvalue weighted by atomic mass is 16.5. The lowest BCUT2D eigenvalue weighted by Crippen LogP contribution is -2.51. The van der Waals surface area contributed by atoms with Gasteiger partial charge in [0.25, 0.3) is 5.91 Å². The molecular formula is C30H36N2O3. The molecule has 3 rings (SSSR count). The van der Waals surface area contributed by atoms with Gasteiger partial charge < -0.3 is 15.0 Å². The van der Waals surface area contributed by atoms with Gasteiger partial charge >= 0.3 is 0 Å². The summed E-state index contributed by atoms with van der Waals surface area (Å²) in [6.45, 7) is 8.75. The Kier molecular flexibility index (Phi) is 9.47. The van der Waals surface area contributed by atoms with E-state index < -0.39 is 6.04 Å². The first kappa shape index (κ1) is 26.0. The fourth-order valence-electron chi connectivity index (χ4n) is 3.98. The number of hydrogen-bond donors (Lipinski definition) is 1. The van der Waals surface area contributed by atoms with Gasteiger partial charge in [-0.2, -0.15) is 0 Å². The lowest BCUT2D eigenvalue weighted by molar-refractivity contribution is -0.142. The van der Waals surface area contributed by atoms with Crippen molar-refractivity contribution in [3.8, 4) is 5.75 Å². The normalized spacial score (nSPS) is 11.5. The second kappa shape index (κ2) is 12.7. The number of amides is 2. The number of nitrogens with one attached hydrogen (secondary N) is 1. The van der Waals surface area contributed by atoms with Gasteiger partial charge in [-0.05, 0) is 61.1 Å². The van der Waals surface area contributed by atoms with Crippen molar-refractivity contribution < 1.29 is 14.3 Å². The van der Waals surface area contributed by atoms with Gasteiger partial charge in [0.05, 0.1) is 0 Å². The van der Waals surface area contributed by atoms with Gasteiger partial charge in [-0.1, -0.05) is 73.7 Å². The fraction of sp³-hybridized carbons (Fsp3) is 0.333. The number of carbonyl (C=O) groups excluding carboxylic acids is 2. The summed E-state index contributed by atoms with van der Waals surface area (Å²) in [6.07, 6.45) is 1.25. The summed E-state index contributed by atoms with van der Waals surface area (Å²) in [5, 5.41) is 3.01. The number of benzene rings is 3. The van der Waals surface area contributed by atoms with E-state index in [1.165, 1.54) is 0 Å². The van der Waals surface area contributed by atoms with Crippen molar-refractivity contribution >= 4 is 11.8 Å². The van der Waals surface area contributed by atoms with E-state index >= 15 is 0 Å². The molecule has 3 aromatic rings.